The molecule has 0 unspecified atom stereocenters. The first-order chi connectivity index (χ1) is 9.51. The predicted octanol–water partition coefficient (Wildman–Crippen LogP) is 3.79. The van der Waals surface area contributed by atoms with Gasteiger partial charge in [-0.05, 0) is 43.3 Å². The number of Topliss-reactive ketones (excluding diaryl/α,β-unsaturated/α-hetero) is 1. The van der Waals surface area contributed by atoms with Crippen molar-refractivity contribution in [1.82, 2.24) is 0 Å². The number of anilines is 1. The molecule has 0 fully saturated rings. The fourth-order valence-electron chi connectivity index (χ4n) is 1.71. The molecular formula is C15H11ClN2O2. The molecule has 2 aromatic rings. The van der Waals surface area contributed by atoms with Crippen molar-refractivity contribution < 1.29 is 9.53 Å². The Labute approximate surface area is 121 Å². The number of nitrogens with two attached hydrogens (primary N) is 1. The fraction of sp³-hybridized carbons (Fsp3) is 0.0667. The minimum Gasteiger partial charge on any atom is -0.455 e. The second-order valence-corrected chi connectivity index (χ2v) is 4.60. The van der Waals surface area contributed by atoms with E-state index in [-0.39, 0.29) is 5.78 Å². The largest absolute Gasteiger partial charge is 0.455 e. The van der Waals surface area contributed by atoms with Gasteiger partial charge in [0.1, 0.15) is 17.6 Å². The van der Waals surface area contributed by atoms with E-state index in [0.29, 0.717) is 33.3 Å². The number of nitrogens with zero attached hydrogens (tertiary/aromatic N) is 1. The first kappa shape index (κ1) is 13.9. The van der Waals surface area contributed by atoms with Crippen LogP contribution in [0, 0.1) is 11.3 Å². The molecule has 20 heavy (non-hydrogen) atoms. The monoisotopic (exact) mass is 286 g/mol. The van der Waals surface area contributed by atoms with Crippen LogP contribution >= 0.6 is 11.6 Å². The lowest BCUT2D eigenvalue weighted by molar-refractivity contribution is 0.101. The highest BCUT2D eigenvalue weighted by Crippen LogP contribution is 2.30. The maximum Gasteiger partial charge on any atom is 0.163 e. The van der Waals surface area contributed by atoms with Crippen LogP contribution in [0.4, 0.5) is 5.69 Å². The number of rotatable bonds is 3. The second-order valence-electron chi connectivity index (χ2n) is 4.17. The molecule has 0 heterocycles. The standard InChI is InChI=1S/C15H11ClN2O2/c1-9(19)13-7-12(18)3-5-15(13)20-14-4-2-11(16)6-10(14)8-17/h2-7H,18H2,1H3. The lowest BCUT2D eigenvalue weighted by Crippen LogP contribution is -1.99. The van der Waals surface area contributed by atoms with Crippen molar-refractivity contribution in [2.75, 3.05) is 5.73 Å². The van der Waals surface area contributed by atoms with E-state index < -0.39 is 0 Å². The molecule has 0 aliphatic carbocycles. The lowest BCUT2D eigenvalue weighted by atomic mass is 10.1. The van der Waals surface area contributed by atoms with Crippen molar-refractivity contribution in [3.05, 3.63) is 52.5 Å². The quantitative estimate of drug-likeness (QED) is 0.688. The zero-order valence-electron chi connectivity index (χ0n) is 10.7. The summed E-state index contributed by atoms with van der Waals surface area (Å²) in [4.78, 5) is 11.6. The molecule has 0 aliphatic rings. The van der Waals surface area contributed by atoms with Crippen LogP contribution in [0.5, 0.6) is 11.5 Å². The summed E-state index contributed by atoms with van der Waals surface area (Å²) in [5, 5.41) is 9.51. The van der Waals surface area contributed by atoms with Gasteiger partial charge >= 0.3 is 0 Å². The fourth-order valence-corrected chi connectivity index (χ4v) is 1.88. The minimum atomic E-state index is -0.167. The van der Waals surface area contributed by atoms with E-state index >= 15 is 0 Å². The van der Waals surface area contributed by atoms with Crippen LogP contribution in [-0.4, -0.2) is 5.78 Å². The third-order valence-electron chi connectivity index (χ3n) is 2.66. The Balaban J connectivity index is 2.45. The van der Waals surface area contributed by atoms with Crippen LogP contribution in [0.3, 0.4) is 0 Å². The van der Waals surface area contributed by atoms with Gasteiger partial charge in [-0.3, -0.25) is 4.79 Å². The SMILES string of the molecule is CC(=O)c1cc(N)ccc1Oc1ccc(Cl)cc1C#N. The summed E-state index contributed by atoms with van der Waals surface area (Å²) in [6.45, 7) is 1.43. The number of nitrogen functional groups attached to an aromatic ring is 1. The topological polar surface area (TPSA) is 76.1 Å². The summed E-state index contributed by atoms with van der Waals surface area (Å²) in [6, 6.07) is 11.5. The Bertz CT molecular complexity index is 720. The average Bonchev–Trinajstić information content (AvgIpc) is 2.42. The van der Waals surface area contributed by atoms with Crippen molar-refractivity contribution in [2.45, 2.75) is 6.92 Å². The Kier molecular flexibility index (Phi) is 3.92. The van der Waals surface area contributed by atoms with Crippen LogP contribution < -0.4 is 10.5 Å². The number of ether oxygens (including phenoxy) is 1. The van der Waals surface area contributed by atoms with E-state index in [2.05, 4.69) is 0 Å². The normalized spacial score (nSPS) is 9.85. The molecule has 0 bridgehead atoms. The number of hydrogen-bond donors (Lipinski definition) is 1. The summed E-state index contributed by atoms with van der Waals surface area (Å²) in [7, 11) is 0. The van der Waals surface area contributed by atoms with Crippen LogP contribution in [0.25, 0.3) is 0 Å². The number of nitriles is 1. The third-order valence-corrected chi connectivity index (χ3v) is 2.90. The smallest absolute Gasteiger partial charge is 0.163 e. The van der Waals surface area contributed by atoms with Gasteiger partial charge < -0.3 is 10.5 Å². The molecule has 0 atom stereocenters. The molecule has 2 N–H and O–H groups in total. The zero-order valence-corrected chi connectivity index (χ0v) is 11.4. The van der Waals surface area contributed by atoms with E-state index in [4.69, 9.17) is 27.3 Å². The molecule has 4 nitrogen and oxygen atoms in total. The highest BCUT2D eigenvalue weighted by molar-refractivity contribution is 6.30. The summed E-state index contributed by atoms with van der Waals surface area (Å²) in [5.41, 5.74) is 6.79. The number of hydrogen-bond acceptors (Lipinski definition) is 4. The number of carbonyl (C=O) groups is 1. The molecule has 0 saturated carbocycles. The highest BCUT2D eigenvalue weighted by atomic mass is 35.5. The van der Waals surface area contributed by atoms with Gasteiger partial charge in [-0.15, -0.1) is 0 Å². The predicted molar refractivity (Wildman–Crippen MR) is 77.1 cm³/mol. The van der Waals surface area contributed by atoms with Crippen LogP contribution in [0.2, 0.25) is 5.02 Å². The van der Waals surface area contributed by atoms with Gasteiger partial charge in [0.05, 0.1) is 11.1 Å². The van der Waals surface area contributed by atoms with E-state index in [1.54, 1.807) is 30.3 Å². The zero-order chi connectivity index (χ0) is 14.7. The minimum absolute atomic E-state index is 0.167. The Hall–Kier alpha value is -2.51. The van der Waals surface area contributed by atoms with Gasteiger partial charge in [-0.2, -0.15) is 5.26 Å². The summed E-state index contributed by atoms with van der Waals surface area (Å²) in [5.74, 6) is 0.523. The van der Waals surface area contributed by atoms with Gasteiger partial charge in [-0.25, -0.2) is 0 Å². The first-order valence-corrected chi connectivity index (χ1v) is 6.17. The van der Waals surface area contributed by atoms with Crippen LogP contribution in [0.15, 0.2) is 36.4 Å². The summed E-state index contributed by atoms with van der Waals surface area (Å²) >= 11 is 5.82. The van der Waals surface area contributed by atoms with Crippen molar-refractivity contribution in [1.29, 1.82) is 5.26 Å². The van der Waals surface area contributed by atoms with Gasteiger partial charge in [0.2, 0.25) is 0 Å². The van der Waals surface area contributed by atoms with Crippen molar-refractivity contribution in [2.24, 2.45) is 0 Å². The maximum atomic E-state index is 11.6. The third kappa shape index (κ3) is 2.90. The Morgan fingerprint density at radius 1 is 1.25 bits per heavy atom. The van der Waals surface area contributed by atoms with E-state index in [9.17, 15) is 4.79 Å². The first-order valence-electron chi connectivity index (χ1n) is 5.79. The lowest BCUT2D eigenvalue weighted by Gasteiger charge is -2.11. The van der Waals surface area contributed by atoms with Gasteiger partial charge in [0.25, 0.3) is 0 Å². The average molecular weight is 287 g/mol. The molecule has 2 rings (SSSR count). The van der Waals surface area contributed by atoms with Crippen molar-refractivity contribution in [3.8, 4) is 17.6 Å². The molecule has 0 aromatic heterocycles. The molecule has 0 aliphatic heterocycles. The molecule has 0 radical (unpaired) electrons. The molecule has 5 heteroatoms. The van der Waals surface area contributed by atoms with Crippen LogP contribution in [0.1, 0.15) is 22.8 Å². The molecule has 0 spiro atoms. The number of benzene rings is 2. The molecular weight excluding hydrogens is 276 g/mol. The van der Waals surface area contributed by atoms with Crippen molar-refractivity contribution >= 4 is 23.1 Å². The number of ketones is 1. The molecule has 0 saturated heterocycles. The van der Waals surface area contributed by atoms with E-state index in [0.717, 1.165) is 0 Å². The van der Waals surface area contributed by atoms with Crippen LogP contribution in [-0.2, 0) is 0 Å². The number of halogens is 1. The van der Waals surface area contributed by atoms with Crippen molar-refractivity contribution in [3.63, 3.8) is 0 Å². The summed E-state index contributed by atoms with van der Waals surface area (Å²) < 4.78 is 5.65. The maximum absolute atomic E-state index is 11.6. The molecule has 0 amide bonds. The van der Waals surface area contributed by atoms with E-state index in [1.165, 1.54) is 13.0 Å². The molecule has 100 valence electrons. The molecule has 2 aromatic carbocycles. The summed E-state index contributed by atoms with van der Waals surface area (Å²) in [6.07, 6.45) is 0. The number of carbonyl (C=O) groups excluding carboxylic acids is 1. The van der Waals surface area contributed by atoms with Gasteiger partial charge in [0.15, 0.2) is 5.78 Å². The van der Waals surface area contributed by atoms with Gasteiger partial charge in [-0.1, -0.05) is 11.6 Å². The Morgan fingerprint density at radius 3 is 2.60 bits per heavy atom. The second kappa shape index (κ2) is 5.64. The highest BCUT2D eigenvalue weighted by Gasteiger charge is 2.12. The van der Waals surface area contributed by atoms with E-state index in [1.807, 2.05) is 6.07 Å². The van der Waals surface area contributed by atoms with Gasteiger partial charge in [0, 0.05) is 10.7 Å². The Morgan fingerprint density at radius 2 is 1.95 bits per heavy atom.